The van der Waals surface area contributed by atoms with Crippen molar-refractivity contribution in [2.75, 3.05) is 0 Å². The van der Waals surface area contributed by atoms with Crippen LogP contribution in [0.4, 0.5) is 0 Å². The minimum Gasteiger partial charge on any atom is -0.455 e. The van der Waals surface area contributed by atoms with Gasteiger partial charge in [0, 0.05) is 33.7 Å². The van der Waals surface area contributed by atoms with Gasteiger partial charge in [-0.3, -0.25) is 0 Å². The molecule has 0 saturated heterocycles. The quantitative estimate of drug-likeness (QED) is 0.178. The number of benzene rings is 8. The molecule has 0 aliphatic heterocycles. The molecule has 3 aliphatic carbocycles. The number of aromatic nitrogens is 2. The first-order chi connectivity index (χ1) is 30.7. The molecule has 2 aromatic heterocycles. The molecule has 2 heterocycles. The van der Waals surface area contributed by atoms with Crippen LogP contribution in [0.1, 0.15) is 45.2 Å². The number of fused-ring (bicyclic) bond motifs is 15. The van der Waals surface area contributed by atoms with Crippen molar-refractivity contribution in [1.82, 2.24) is 9.97 Å². The molecule has 0 saturated carbocycles. The predicted octanol–water partition coefficient (Wildman–Crippen LogP) is 14.7. The number of rotatable bonds is 4. The van der Waals surface area contributed by atoms with Crippen LogP contribution >= 0.6 is 0 Å². The summed E-state index contributed by atoms with van der Waals surface area (Å²) in [5, 5.41) is 2.13. The van der Waals surface area contributed by atoms with Crippen LogP contribution in [0.15, 0.2) is 223 Å². The maximum absolute atomic E-state index is 6.59. The van der Waals surface area contributed by atoms with Crippen LogP contribution in [0.3, 0.4) is 0 Å². The van der Waals surface area contributed by atoms with E-state index < -0.39 is 5.41 Å². The van der Waals surface area contributed by atoms with Crippen LogP contribution in [0.2, 0.25) is 0 Å². The second-order valence-electron chi connectivity index (χ2n) is 16.7. The molecule has 0 N–H and O–H groups in total. The number of furan rings is 1. The Kier molecular flexibility index (Phi) is 7.65. The molecule has 0 amide bonds. The van der Waals surface area contributed by atoms with Crippen LogP contribution in [0.25, 0.3) is 78.1 Å². The van der Waals surface area contributed by atoms with Crippen LogP contribution in [-0.4, -0.2) is 9.97 Å². The average molecular weight is 791 g/mol. The van der Waals surface area contributed by atoms with Crippen LogP contribution in [0, 0.1) is 0 Å². The summed E-state index contributed by atoms with van der Waals surface area (Å²) < 4.78 is 6.59. The summed E-state index contributed by atoms with van der Waals surface area (Å²) in [4.78, 5) is 10.8. The van der Waals surface area contributed by atoms with Crippen molar-refractivity contribution in [3.8, 4) is 56.2 Å². The highest BCUT2D eigenvalue weighted by atomic mass is 16.3. The summed E-state index contributed by atoms with van der Waals surface area (Å²) in [5.41, 5.74) is 18.6. The standard InChI is InChI=1S/C59H38N2O/c1-2-15-37(16-3-1)38-29-31-39(32-30-38)54-36-55(61-58(60-54)49-24-14-23-48-47-22-9-13-28-56(47)62-57(48)49)40-33-34-46-45-21-8-12-27-52(45)59(53(46)35-40)50-25-10-6-19-43(50)41-17-4-5-18-42(41)44-20-7-11-26-51(44)59/h1-36,41-42H. The van der Waals surface area contributed by atoms with Crippen molar-refractivity contribution >= 4 is 21.9 Å². The summed E-state index contributed by atoms with van der Waals surface area (Å²) in [6, 6.07) is 70.3. The summed E-state index contributed by atoms with van der Waals surface area (Å²) in [7, 11) is 0. The van der Waals surface area contributed by atoms with Crippen molar-refractivity contribution in [3.63, 3.8) is 0 Å². The van der Waals surface area contributed by atoms with Gasteiger partial charge in [0.15, 0.2) is 5.82 Å². The van der Waals surface area contributed by atoms with Gasteiger partial charge < -0.3 is 4.42 Å². The fraction of sp³-hybridized carbons (Fsp3) is 0.0508. The topological polar surface area (TPSA) is 38.9 Å². The van der Waals surface area contributed by atoms with Gasteiger partial charge in [0.1, 0.15) is 11.2 Å². The van der Waals surface area contributed by atoms with Crippen molar-refractivity contribution in [2.45, 2.75) is 17.3 Å². The highest BCUT2D eigenvalue weighted by molar-refractivity contribution is 6.09. The second kappa shape index (κ2) is 13.6. The average Bonchev–Trinajstić information content (AvgIpc) is 3.84. The van der Waals surface area contributed by atoms with Gasteiger partial charge in [-0.2, -0.15) is 0 Å². The second-order valence-corrected chi connectivity index (χ2v) is 16.7. The van der Waals surface area contributed by atoms with Gasteiger partial charge in [0.05, 0.1) is 22.4 Å². The zero-order chi connectivity index (χ0) is 40.8. The van der Waals surface area contributed by atoms with E-state index in [1.165, 1.54) is 50.1 Å². The van der Waals surface area contributed by atoms with Gasteiger partial charge in [-0.25, -0.2) is 9.97 Å². The Labute approximate surface area is 360 Å². The molecule has 3 nitrogen and oxygen atoms in total. The fourth-order valence-corrected chi connectivity index (χ4v) is 10.9. The number of hydrogen-bond donors (Lipinski definition) is 0. The molecule has 1 spiro atoms. The Bertz CT molecular complexity index is 3420. The lowest BCUT2D eigenvalue weighted by Gasteiger charge is -2.35. The van der Waals surface area contributed by atoms with Crippen LogP contribution in [0.5, 0.6) is 0 Å². The summed E-state index contributed by atoms with van der Waals surface area (Å²) in [6.45, 7) is 0. The molecule has 62 heavy (non-hydrogen) atoms. The van der Waals surface area contributed by atoms with E-state index in [0.29, 0.717) is 5.82 Å². The van der Waals surface area contributed by atoms with Gasteiger partial charge in [0.2, 0.25) is 0 Å². The van der Waals surface area contributed by atoms with Crippen LogP contribution in [-0.2, 0) is 5.41 Å². The van der Waals surface area contributed by atoms with Gasteiger partial charge in [-0.15, -0.1) is 0 Å². The number of allylic oxidation sites excluding steroid dienone is 4. The Balaban J connectivity index is 1.07. The van der Waals surface area contributed by atoms with Gasteiger partial charge >= 0.3 is 0 Å². The van der Waals surface area contributed by atoms with E-state index in [2.05, 4.69) is 206 Å². The number of nitrogens with zero attached hydrogens (tertiary/aromatic N) is 2. The molecule has 13 rings (SSSR count). The first kappa shape index (κ1) is 34.9. The molecular formula is C59H38N2O. The molecule has 0 fully saturated rings. The fourth-order valence-electron chi connectivity index (χ4n) is 10.9. The van der Waals surface area contributed by atoms with E-state index >= 15 is 0 Å². The smallest absolute Gasteiger partial charge is 0.164 e. The normalized spacial score (nSPS) is 17.9. The van der Waals surface area contributed by atoms with E-state index in [9.17, 15) is 0 Å². The third-order valence-corrected chi connectivity index (χ3v) is 13.6. The molecule has 3 aliphatic rings. The largest absolute Gasteiger partial charge is 0.455 e. The number of hydrogen-bond acceptors (Lipinski definition) is 3. The Hall–Kier alpha value is -7.88. The van der Waals surface area contributed by atoms with Gasteiger partial charge in [-0.1, -0.05) is 194 Å². The monoisotopic (exact) mass is 790 g/mol. The van der Waals surface area contributed by atoms with Gasteiger partial charge in [-0.05, 0) is 79.9 Å². The highest BCUT2D eigenvalue weighted by Crippen LogP contribution is 2.62. The van der Waals surface area contributed by atoms with Crippen molar-refractivity contribution < 1.29 is 4.42 Å². The molecular weight excluding hydrogens is 753 g/mol. The van der Waals surface area contributed by atoms with E-state index in [4.69, 9.17) is 14.4 Å². The molecule has 3 heteroatoms. The van der Waals surface area contributed by atoms with E-state index in [0.717, 1.165) is 55.6 Å². The lowest BCUT2D eigenvalue weighted by molar-refractivity contribution is 0.669. The Morgan fingerprint density at radius 3 is 1.69 bits per heavy atom. The predicted molar refractivity (Wildman–Crippen MR) is 252 cm³/mol. The third-order valence-electron chi connectivity index (χ3n) is 13.6. The first-order valence-electron chi connectivity index (χ1n) is 21.5. The van der Waals surface area contributed by atoms with E-state index in [-0.39, 0.29) is 11.8 Å². The number of para-hydroxylation sites is 2. The zero-order valence-electron chi connectivity index (χ0n) is 33.7. The zero-order valence-corrected chi connectivity index (χ0v) is 33.7. The summed E-state index contributed by atoms with van der Waals surface area (Å²) in [5.74, 6) is 1.07. The van der Waals surface area contributed by atoms with E-state index in [1.54, 1.807) is 0 Å². The minimum absolute atomic E-state index is 0.220. The maximum atomic E-state index is 6.59. The highest BCUT2D eigenvalue weighted by Gasteiger charge is 2.51. The maximum Gasteiger partial charge on any atom is 0.164 e. The molecule has 2 unspecified atom stereocenters. The lowest BCUT2D eigenvalue weighted by Crippen LogP contribution is -2.30. The molecule has 8 aromatic carbocycles. The lowest BCUT2D eigenvalue weighted by atomic mass is 9.66. The SMILES string of the molecule is C1=CC2c3ccccc3C3(c4ccccc4-c4ccc(-c5cc(-c6ccc(-c7ccccc7)cc6)nc(-c6cccc7c6oc6ccccc67)n5)cc43)c3ccccc3C2C=C1. The Morgan fingerprint density at radius 1 is 0.387 bits per heavy atom. The molecule has 0 bridgehead atoms. The third kappa shape index (κ3) is 5.06. The first-order valence-corrected chi connectivity index (χ1v) is 21.5. The molecule has 0 radical (unpaired) electrons. The van der Waals surface area contributed by atoms with E-state index in [1.807, 2.05) is 12.1 Å². The van der Waals surface area contributed by atoms with Crippen LogP contribution < -0.4 is 0 Å². The Morgan fingerprint density at radius 2 is 0.935 bits per heavy atom. The molecule has 2 atom stereocenters. The minimum atomic E-state index is -0.556. The van der Waals surface area contributed by atoms with Crippen molar-refractivity contribution in [2.24, 2.45) is 0 Å². The summed E-state index contributed by atoms with van der Waals surface area (Å²) in [6.07, 6.45) is 9.24. The summed E-state index contributed by atoms with van der Waals surface area (Å²) >= 11 is 0. The molecule has 10 aromatic rings. The molecule has 290 valence electrons. The van der Waals surface area contributed by atoms with Gasteiger partial charge in [0.25, 0.3) is 0 Å². The van der Waals surface area contributed by atoms with Crippen molar-refractivity contribution in [3.05, 3.63) is 252 Å². The van der Waals surface area contributed by atoms with Crippen molar-refractivity contribution in [1.29, 1.82) is 0 Å².